The number of nitrogens with zero attached hydrogens (tertiary/aromatic N) is 4. The van der Waals surface area contributed by atoms with Gasteiger partial charge < -0.3 is 26.0 Å². The summed E-state index contributed by atoms with van der Waals surface area (Å²) in [5.41, 5.74) is 8.75. The highest BCUT2D eigenvalue weighted by atomic mass is 32.1. The van der Waals surface area contributed by atoms with E-state index in [0.29, 0.717) is 27.4 Å². The Kier molecular flexibility index (Phi) is 7.19. The quantitative estimate of drug-likeness (QED) is 0.438. The van der Waals surface area contributed by atoms with Crippen molar-refractivity contribution in [3.63, 3.8) is 0 Å². The van der Waals surface area contributed by atoms with Gasteiger partial charge in [0.2, 0.25) is 0 Å². The van der Waals surface area contributed by atoms with Crippen LogP contribution in [-0.4, -0.2) is 46.4 Å². The third kappa shape index (κ3) is 5.49. The Bertz CT molecular complexity index is 1280. The summed E-state index contributed by atoms with van der Waals surface area (Å²) in [6.45, 7) is 4.92. The first-order valence-corrected chi connectivity index (χ1v) is 13.6. The van der Waals surface area contributed by atoms with Gasteiger partial charge in [0.05, 0.1) is 6.07 Å². The number of aliphatic hydroxyl groups excluding tert-OH is 1. The number of thiazole rings is 1. The number of rotatable bonds is 6. The number of nitrogens with one attached hydrogen (secondary N) is 1. The van der Waals surface area contributed by atoms with Gasteiger partial charge in [0.25, 0.3) is 0 Å². The average molecular weight is 517 g/mol. The molecule has 4 N–H and O–H groups in total. The fraction of sp³-hybridized carbons (Fsp3) is 0.393. The molecule has 0 amide bonds. The van der Waals surface area contributed by atoms with Gasteiger partial charge in [0, 0.05) is 61.2 Å². The maximum Gasteiger partial charge on any atom is 0.189 e. The van der Waals surface area contributed by atoms with E-state index >= 15 is 0 Å². The van der Waals surface area contributed by atoms with Crippen LogP contribution in [0.4, 0.5) is 22.3 Å². The number of aliphatic hydroxyl groups is 1. The van der Waals surface area contributed by atoms with E-state index in [1.165, 1.54) is 17.0 Å². The van der Waals surface area contributed by atoms with E-state index in [1.54, 1.807) is 12.2 Å². The van der Waals surface area contributed by atoms with Gasteiger partial charge in [0.1, 0.15) is 16.5 Å². The van der Waals surface area contributed by atoms with E-state index in [0.717, 1.165) is 51.0 Å². The van der Waals surface area contributed by atoms with Crippen LogP contribution in [0, 0.1) is 23.2 Å². The smallest absolute Gasteiger partial charge is 0.189 e. The molecular formula is C28H32N6O2S. The zero-order chi connectivity index (χ0) is 25.9. The highest BCUT2D eigenvalue weighted by molar-refractivity contribution is 7.18. The van der Waals surface area contributed by atoms with Gasteiger partial charge in [-0.15, -0.1) is 0 Å². The van der Waals surface area contributed by atoms with Gasteiger partial charge in [-0.25, -0.2) is 4.98 Å². The molecule has 0 saturated carbocycles. The van der Waals surface area contributed by atoms with Crippen molar-refractivity contribution < 1.29 is 9.90 Å². The van der Waals surface area contributed by atoms with E-state index in [2.05, 4.69) is 38.3 Å². The summed E-state index contributed by atoms with van der Waals surface area (Å²) in [5, 5.41) is 22.8. The predicted molar refractivity (Wildman–Crippen MR) is 148 cm³/mol. The Morgan fingerprint density at radius 3 is 2.68 bits per heavy atom. The van der Waals surface area contributed by atoms with Crippen LogP contribution in [-0.2, 0) is 0 Å². The summed E-state index contributed by atoms with van der Waals surface area (Å²) in [7, 11) is 0. The summed E-state index contributed by atoms with van der Waals surface area (Å²) < 4.78 is 0. The lowest BCUT2D eigenvalue weighted by atomic mass is 9.84. The Hall–Kier alpha value is -3.77. The van der Waals surface area contributed by atoms with E-state index in [-0.39, 0.29) is 23.4 Å². The second kappa shape index (κ2) is 10.7. The minimum atomic E-state index is -0.354. The highest BCUT2D eigenvalue weighted by Crippen LogP contribution is 2.34. The van der Waals surface area contributed by atoms with Crippen LogP contribution in [0.5, 0.6) is 0 Å². The molecule has 1 fully saturated rings. The Morgan fingerprint density at radius 2 is 2.00 bits per heavy atom. The van der Waals surface area contributed by atoms with E-state index in [1.807, 2.05) is 31.3 Å². The first-order chi connectivity index (χ1) is 17.9. The number of Topliss-reactive ketones (excluding diaryl/α,β-unsaturated/α-hetero) is 1. The summed E-state index contributed by atoms with van der Waals surface area (Å²) in [5.74, 6) is 0.222. The highest BCUT2D eigenvalue weighted by Gasteiger charge is 2.29. The average Bonchev–Trinajstić information content (AvgIpc) is 3.28. The number of carbonyl (C=O) groups excluding carboxylic acids is 1. The molecule has 37 heavy (non-hydrogen) atoms. The molecule has 192 valence electrons. The van der Waals surface area contributed by atoms with E-state index in [9.17, 15) is 9.90 Å². The van der Waals surface area contributed by atoms with Crippen LogP contribution >= 0.6 is 11.3 Å². The second-order valence-electron chi connectivity index (χ2n) is 9.93. The van der Waals surface area contributed by atoms with Gasteiger partial charge in [-0.1, -0.05) is 30.4 Å². The van der Waals surface area contributed by atoms with Crippen LogP contribution in [0.3, 0.4) is 0 Å². The fourth-order valence-corrected chi connectivity index (χ4v) is 6.22. The van der Waals surface area contributed by atoms with Crippen molar-refractivity contribution >= 4 is 39.4 Å². The molecule has 8 nitrogen and oxygen atoms in total. The number of nitrogen functional groups attached to an aromatic ring is 1. The predicted octanol–water partition coefficient (Wildman–Crippen LogP) is 5.39. The molecule has 1 aromatic carbocycles. The van der Waals surface area contributed by atoms with Gasteiger partial charge in [-0.2, -0.15) is 5.26 Å². The number of piperidine rings is 1. The zero-order valence-corrected chi connectivity index (χ0v) is 21.7. The number of anilines is 4. The molecular weight excluding hydrogens is 484 g/mol. The summed E-state index contributed by atoms with van der Waals surface area (Å²) >= 11 is 1.26. The number of aromatic nitrogens is 1. The van der Waals surface area contributed by atoms with Crippen molar-refractivity contribution in [3.05, 3.63) is 64.9 Å². The molecule has 3 aliphatic rings. The third-order valence-electron chi connectivity index (χ3n) is 7.38. The zero-order valence-electron chi connectivity index (χ0n) is 20.9. The maximum absolute atomic E-state index is 13.1. The lowest BCUT2D eigenvalue weighted by Gasteiger charge is -2.40. The number of ketones is 1. The molecule has 9 heteroatoms. The van der Waals surface area contributed by atoms with Gasteiger partial charge in [0.15, 0.2) is 10.9 Å². The maximum atomic E-state index is 13.1. The van der Waals surface area contributed by atoms with Crippen molar-refractivity contribution in [3.8, 4) is 6.07 Å². The minimum absolute atomic E-state index is 0.0750. The van der Waals surface area contributed by atoms with Crippen LogP contribution in [0.1, 0.15) is 42.3 Å². The molecule has 1 aliphatic carbocycles. The molecule has 2 aromatic rings. The SMILES string of the molecule is CC1C=C(C#N)C=CC1C(=O)c1sc(Nc2ccc(N3CCC(N4C=C(O)CCC4)CC3)cc2)nc1N. The monoisotopic (exact) mass is 516 g/mol. The molecule has 2 aliphatic heterocycles. The van der Waals surface area contributed by atoms with Crippen molar-refractivity contribution in [1.29, 1.82) is 5.26 Å². The summed E-state index contributed by atoms with van der Waals surface area (Å²) in [4.78, 5) is 22.7. The van der Waals surface area contributed by atoms with Crippen LogP contribution in [0.25, 0.3) is 0 Å². The van der Waals surface area contributed by atoms with E-state index in [4.69, 9.17) is 11.0 Å². The first kappa shape index (κ1) is 24.9. The van der Waals surface area contributed by atoms with Crippen molar-refractivity contribution in [2.75, 3.05) is 35.6 Å². The largest absolute Gasteiger partial charge is 0.511 e. The van der Waals surface area contributed by atoms with Crippen molar-refractivity contribution in [2.45, 2.75) is 38.6 Å². The first-order valence-electron chi connectivity index (χ1n) is 12.8. The molecule has 1 aromatic heterocycles. The summed E-state index contributed by atoms with van der Waals surface area (Å²) in [6.07, 6.45) is 11.2. The van der Waals surface area contributed by atoms with Crippen molar-refractivity contribution in [2.24, 2.45) is 11.8 Å². The van der Waals surface area contributed by atoms with Crippen LogP contribution in [0.2, 0.25) is 0 Å². The van der Waals surface area contributed by atoms with Crippen LogP contribution < -0.4 is 16.0 Å². The standard InChI is InChI=1S/C28H32N6O2S/c1-18-15-19(16-29)4-9-24(18)25(36)26-27(30)32-28(37-26)31-20-5-7-21(8-6-20)33-13-10-22(11-14-33)34-12-2-3-23(35)17-34/h4-9,15,17-18,22,24,35H,2-3,10-14,30H2,1H3,(H,31,32). The Morgan fingerprint density at radius 1 is 1.24 bits per heavy atom. The molecule has 0 bridgehead atoms. The molecule has 2 atom stereocenters. The lowest BCUT2D eigenvalue weighted by Crippen LogP contribution is -2.44. The fourth-order valence-electron chi connectivity index (χ4n) is 5.33. The molecule has 5 rings (SSSR count). The normalized spacial score (nSPS) is 22.3. The topological polar surface area (TPSA) is 119 Å². The molecule has 1 saturated heterocycles. The number of allylic oxidation sites excluding steroid dienone is 5. The minimum Gasteiger partial charge on any atom is -0.511 e. The van der Waals surface area contributed by atoms with Gasteiger partial charge in [-0.3, -0.25) is 4.79 Å². The number of carbonyl (C=O) groups is 1. The number of nitriles is 1. The van der Waals surface area contributed by atoms with Gasteiger partial charge >= 0.3 is 0 Å². The number of hydrogen-bond donors (Lipinski definition) is 3. The van der Waals surface area contributed by atoms with Gasteiger partial charge in [-0.05, 0) is 55.5 Å². The Balaban J connectivity index is 1.19. The van der Waals surface area contributed by atoms with Crippen LogP contribution in [0.15, 0.2) is 60.0 Å². The number of benzene rings is 1. The molecule has 2 unspecified atom stereocenters. The molecule has 3 heterocycles. The van der Waals surface area contributed by atoms with E-state index < -0.39 is 0 Å². The number of nitrogens with two attached hydrogens (primary N) is 1. The second-order valence-corrected chi connectivity index (χ2v) is 10.9. The molecule has 0 radical (unpaired) electrons. The van der Waals surface area contributed by atoms with Crippen molar-refractivity contribution in [1.82, 2.24) is 9.88 Å². The number of hydrogen-bond acceptors (Lipinski definition) is 9. The lowest BCUT2D eigenvalue weighted by molar-refractivity contribution is 0.0930. The summed E-state index contributed by atoms with van der Waals surface area (Å²) in [6, 6.07) is 10.9. The third-order valence-corrected chi connectivity index (χ3v) is 8.38. The Labute approximate surface area is 221 Å². The molecule has 0 spiro atoms.